The number of sulfonamides is 1. The summed E-state index contributed by atoms with van der Waals surface area (Å²) in [6, 6.07) is 11.3. The van der Waals surface area contributed by atoms with E-state index in [4.69, 9.17) is 10.5 Å². The third kappa shape index (κ3) is 8.29. The number of hydrogen-bond acceptors (Lipinski definition) is 8. The number of nitrogens with one attached hydrogen (secondary N) is 2. The summed E-state index contributed by atoms with van der Waals surface area (Å²) in [5, 5.41) is 2.73. The third-order valence-corrected chi connectivity index (χ3v) is 5.86. The maximum atomic E-state index is 14.3. The molecule has 0 fully saturated rings. The maximum Gasteiger partial charge on any atom is 0.281 e. The summed E-state index contributed by atoms with van der Waals surface area (Å²) in [7, 11) is -4.29. The molecular weight excluding hydrogens is 521 g/mol. The molecule has 0 saturated heterocycles. The van der Waals surface area contributed by atoms with Crippen LogP contribution in [-0.2, 0) is 10.0 Å². The SMILES string of the molecule is CC(C)COc1cc(F)cc(-c2ccc(C(=O)NS(=O)(=O)c3cccc(N)n3)c(NC(C)(C)C)n2)c1.Cl. The Kier molecular flexibility index (Phi) is 9.45. The van der Waals surface area contributed by atoms with Crippen LogP contribution >= 0.6 is 12.4 Å². The van der Waals surface area contributed by atoms with E-state index in [9.17, 15) is 17.6 Å². The van der Waals surface area contributed by atoms with Crippen LogP contribution in [0.15, 0.2) is 53.6 Å². The molecule has 0 aliphatic heterocycles. The molecule has 0 atom stereocenters. The van der Waals surface area contributed by atoms with Gasteiger partial charge in [0.2, 0.25) is 0 Å². The highest BCUT2D eigenvalue weighted by Gasteiger charge is 2.25. The van der Waals surface area contributed by atoms with Crippen molar-refractivity contribution in [2.24, 2.45) is 5.92 Å². The maximum absolute atomic E-state index is 14.3. The van der Waals surface area contributed by atoms with Gasteiger partial charge in [-0.25, -0.2) is 19.1 Å². The Morgan fingerprint density at radius 3 is 2.43 bits per heavy atom. The summed E-state index contributed by atoms with van der Waals surface area (Å²) < 4.78 is 47.4. The lowest BCUT2D eigenvalue weighted by molar-refractivity contribution is 0.0981. The number of halogens is 2. The Morgan fingerprint density at radius 2 is 1.81 bits per heavy atom. The fourth-order valence-corrected chi connectivity index (χ4v) is 4.06. The van der Waals surface area contributed by atoms with E-state index in [1.165, 1.54) is 42.5 Å². The van der Waals surface area contributed by atoms with Gasteiger partial charge in [0.1, 0.15) is 23.2 Å². The predicted molar refractivity (Wildman–Crippen MR) is 144 cm³/mol. The molecule has 0 radical (unpaired) electrons. The van der Waals surface area contributed by atoms with Gasteiger partial charge in [-0.3, -0.25) is 4.79 Å². The molecule has 0 aliphatic rings. The minimum atomic E-state index is -4.29. The van der Waals surface area contributed by atoms with Gasteiger partial charge in [0.05, 0.1) is 17.9 Å². The van der Waals surface area contributed by atoms with Crippen molar-refractivity contribution in [1.29, 1.82) is 0 Å². The first-order chi connectivity index (χ1) is 16.7. The monoisotopic (exact) mass is 551 g/mol. The van der Waals surface area contributed by atoms with Crippen LogP contribution in [0.1, 0.15) is 45.0 Å². The number of anilines is 2. The number of rotatable bonds is 8. The van der Waals surface area contributed by atoms with Crippen molar-refractivity contribution in [2.45, 2.75) is 45.2 Å². The number of nitrogen functional groups attached to an aromatic ring is 1. The fourth-order valence-electron chi connectivity index (χ4n) is 3.12. The highest BCUT2D eigenvalue weighted by Crippen LogP contribution is 2.28. The van der Waals surface area contributed by atoms with Crippen LogP contribution < -0.4 is 20.5 Å². The Morgan fingerprint density at radius 1 is 1.11 bits per heavy atom. The van der Waals surface area contributed by atoms with Crippen LogP contribution in [0, 0.1) is 11.7 Å². The second-order valence-corrected chi connectivity index (χ2v) is 11.3. The zero-order valence-corrected chi connectivity index (χ0v) is 22.8. The number of amides is 1. The van der Waals surface area contributed by atoms with Gasteiger partial charge in [-0.05, 0) is 63.1 Å². The molecule has 2 heterocycles. The summed E-state index contributed by atoms with van der Waals surface area (Å²) >= 11 is 0. The number of hydrogen-bond donors (Lipinski definition) is 3. The highest BCUT2D eigenvalue weighted by molar-refractivity contribution is 7.90. The number of benzene rings is 1. The van der Waals surface area contributed by atoms with E-state index >= 15 is 0 Å². The van der Waals surface area contributed by atoms with Crippen molar-refractivity contribution in [3.8, 4) is 17.0 Å². The normalized spacial score (nSPS) is 11.5. The molecule has 200 valence electrons. The first kappa shape index (κ1) is 29.8. The Labute approximate surface area is 222 Å². The molecule has 0 aliphatic carbocycles. The third-order valence-electron chi connectivity index (χ3n) is 4.63. The molecule has 3 rings (SSSR count). The van der Waals surface area contributed by atoms with Crippen LogP contribution in [0.5, 0.6) is 5.75 Å². The van der Waals surface area contributed by atoms with Crippen molar-refractivity contribution in [1.82, 2.24) is 14.7 Å². The predicted octanol–water partition coefficient (Wildman–Crippen LogP) is 4.65. The Bertz CT molecular complexity index is 1380. The summed E-state index contributed by atoms with van der Waals surface area (Å²) in [5.74, 6) is -0.672. The zero-order valence-electron chi connectivity index (χ0n) is 21.2. The van der Waals surface area contributed by atoms with Gasteiger partial charge in [0.25, 0.3) is 15.9 Å². The Balaban J connectivity index is 0.00000481. The minimum Gasteiger partial charge on any atom is -0.493 e. The van der Waals surface area contributed by atoms with Crippen LogP contribution in [0.25, 0.3) is 11.3 Å². The first-order valence-electron chi connectivity index (χ1n) is 11.3. The fraction of sp³-hybridized carbons (Fsp3) is 0.320. The van der Waals surface area contributed by atoms with E-state index in [1.54, 1.807) is 6.07 Å². The average Bonchev–Trinajstić information content (AvgIpc) is 2.76. The summed E-state index contributed by atoms with van der Waals surface area (Å²) in [5.41, 5.74) is 5.84. The average molecular weight is 552 g/mol. The van der Waals surface area contributed by atoms with Gasteiger partial charge < -0.3 is 15.8 Å². The topological polar surface area (TPSA) is 136 Å². The molecule has 0 spiro atoms. The van der Waals surface area contributed by atoms with E-state index in [-0.39, 0.29) is 40.6 Å². The molecular formula is C25H31ClFN5O4S. The molecule has 37 heavy (non-hydrogen) atoms. The molecule has 0 bridgehead atoms. The number of aromatic nitrogens is 2. The molecule has 9 nitrogen and oxygen atoms in total. The van der Waals surface area contributed by atoms with E-state index in [0.717, 1.165) is 0 Å². The van der Waals surface area contributed by atoms with Crippen molar-refractivity contribution >= 4 is 40.0 Å². The molecule has 3 aromatic rings. The largest absolute Gasteiger partial charge is 0.493 e. The van der Waals surface area contributed by atoms with Crippen LogP contribution in [0.4, 0.5) is 16.0 Å². The molecule has 0 saturated carbocycles. The molecule has 1 amide bonds. The minimum absolute atomic E-state index is 0. The van der Waals surface area contributed by atoms with E-state index in [0.29, 0.717) is 23.6 Å². The van der Waals surface area contributed by atoms with Gasteiger partial charge in [0, 0.05) is 17.2 Å². The summed E-state index contributed by atoms with van der Waals surface area (Å²) in [4.78, 5) is 21.3. The van der Waals surface area contributed by atoms with E-state index < -0.39 is 27.3 Å². The van der Waals surface area contributed by atoms with Crippen molar-refractivity contribution in [3.05, 3.63) is 59.9 Å². The van der Waals surface area contributed by atoms with Gasteiger partial charge in [-0.1, -0.05) is 19.9 Å². The zero-order chi connectivity index (χ0) is 26.7. The lowest BCUT2D eigenvalue weighted by Gasteiger charge is -2.23. The molecule has 12 heteroatoms. The number of carbonyl (C=O) groups excluding carboxylic acids is 1. The summed E-state index contributed by atoms with van der Waals surface area (Å²) in [6.45, 7) is 9.96. The first-order valence-corrected chi connectivity index (χ1v) is 12.7. The van der Waals surface area contributed by atoms with Gasteiger partial charge in [-0.2, -0.15) is 8.42 Å². The molecule has 2 aromatic heterocycles. The molecule has 1 aromatic carbocycles. The smallest absolute Gasteiger partial charge is 0.281 e. The van der Waals surface area contributed by atoms with Gasteiger partial charge >= 0.3 is 0 Å². The van der Waals surface area contributed by atoms with Crippen molar-refractivity contribution < 1.29 is 22.3 Å². The molecule has 4 N–H and O–H groups in total. The van der Waals surface area contributed by atoms with Gasteiger partial charge in [-0.15, -0.1) is 12.4 Å². The number of ether oxygens (including phenoxy) is 1. The second kappa shape index (κ2) is 11.7. The lowest BCUT2D eigenvalue weighted by atomic mass is 10.1. The number of pyridine rings is 2. The van der Waals surface area contributed by atoms with Crippen LogP contribution in [-0.4, -0.2) is 36.4 Å². The number of nitrogens with two attached hydrogens (primary N) is 1. The van der Waals surface area contributed by atoms with Crippen LogP contribution in [0.2, 0.25) is 0 Å². The standard InChI is InChI=1S/C25H30FN5O4S.ClH/c1-15(2)14-35-18-12-16(11-17(26)13-18)20-10-9-19(23(28-20)30-25(3,4)5)24(32)31-36(33,34)22-8-6-7-21(27)29-22;/h6-13,15H,14H2,1-5H3,(H2,27,29)(H,28,30)(H,31,32);1H. The van der Waals surface area contributed by atoms with Crippen LogP contribution in [0.3, 0.4) is 0 Å². The van der Waals surface area contributed by atoms with E-state index in [1.807, 2.05) is 39.3 Å². The quantitative estimate of drug-likeness (QED) is 0.368. The van der Waals surface area contributed by atoms with Crippen molar-refractivity contribution in [2.75, 3.05) is 17.7 Å². The van der Waals surface area contributed by atoms with Gasteiger partial charge in [0.15, 0.2) is 5.03 Å². The van der Waals surface area contributed by atoms with E-state index in [2.05, 4.69) is 15.3 Å². The highest BCUT2D eigenvalue weighted by atomic mass is 35.5. The second-order valence-electron chi connectivity index (χ2n) is 9.68. The number of nitrogens with zero attached hydrogens (tertiary/aromatic N) is 2. The Hall–Kier alpha value is -3.44. The molecule has 0 unspecified atom stereocenters. The number of carbonyl (C=O) groups is 1. The van der Waals surface area contributed by atoms with Crippen molar-refractivity contribution in [3.63, 3.8) is 0 Å². The summed E-state index contributed by atoms with van der Waals surface area (Å²) in [6.07, 6.45) is 0. The lowest BCUT2D eigenvalue weighted by Crippen LogP contribution is -2.34.